The van der Waals surface area contributed by atoms with Crippen molar-refractivity contribution < 1.29 is 8.78 Å². The lowest BCUT2D eigenvalue weighted by molar-refractivity contribution is 0.146. The van der Waals surface area contributed by atoms with Gasteiger partial charge in [-0.15, -0.1) is 12.4 Å². The molecule has 0 aliphatic heterocycles. The zero-order chi connectivity index (χ0) is 16.2. The number of rotatable bonds is 4. The Hall–Kier alpha value is -1.75. The maximum atomic E-state index is 13.2. The summed E-state index contributed by atoms with van der Waals surface area (Å²) in [4.78, 5) is 8.45. The molecule has 0 radical (unpaired) electrons. The summed E-state index contributed by atoms with van der Waals surface area (Å²) in [5.74, 6) is 0.310. The molecule has 130 valence electrons. The highest BCUT2D eigenvalue weighted by atomic mass is 35.5. The summed E-state index contributed by atoms with van der Waals surface area (Å²) in [6, 6.07) is 9.36. The van der Waals surface area contributed by atoms with E-state index in [4.69, 9.17) is 0 Å². The van der Waals surface area contributed by atoms with Crippen molar-refractivity contribution >= 4 is 18.4 Å². The van der Waals surface area contributed by atoms with Gasteiger partial charge in [0.2, 0.25) is 5.95 Å². The van der Waals surface area contributed by atoms with E-state index < -0.39 is 6.43 Å². The fraction of sp³-hybridized carbons (Fsp3) is 0.444. The van der Waals surface area contributed by atoms with Gasteiger partial charge in [0.25, 0.3) is 6.43 Å². The van der Waals surface area contributed by atoms with Crippen LogP contribution in [0.4, 0.5) is 14.7 Å². The van der Waals surface area contributed by atoms with Crippen LogP contribution in [0.3, 0.4) is 0 Å². The van der Waals surface area contributed by atoms with E-state index in [1.807, 2.05) is 31.2 Å². The largest absolute Gasteiger partial charge is 0.351 e. The number of hydrogen-bond acceptors (Lipinski definition) is 3. The van der Waals surface area contributed by atoms with Crippen molar-refractivity contribution in [1.29, 1.82) is 0 Å². The molecule has 1 saturated carbocycles. The number of nitrogens with zero attached hydrogens (tertiary/aromatic N) is 2. The second-order valence-corrected chi connectivity index (χ2v) is 6.15. The van der Waals surface area contributed by atoms with Crippen molar-refractivity contribution in [3.63, 3.8) is 0 Å². The molecule has 0 saturated heterocycles. The summed E-state index contributed by atoms with van der Waals surface area (Å²) in [7, 11) is 0. The van der Waals surface area contributed by atoms with Crippen molar-refractivity contribution in [3.8, 4) is 11.3 Å². The third-order valence-corrected chi connectivity index (χ3v) is 4.26. The van der Waals surface area contributed by atoms with Crippen LogP contribution in [0.5, 0.6) is 0 Å². The first kappa shape index (κ1) is 18.6. The minimum atomic E-state index is -2.60. The quantitative estimate of drug-likeness (QED) is 0.782. The highest BCUT2D eigenvalue weighted by Crippen LogP contribution is 2.26. The number of aryl methyl sites for hydroxylation is 1. The van der Waals surface area contributed by atoms with Gasteiger partial charge in [0.1, 0.15) is 5.69 Å². The maximum absolute atomic E-state index is 13.2. The van der Waals surface area contributed by atoms with Gasteiger partial charge in [-0.3, -0.25) is 0 Å². The molecule has 0 unspecified atom stereocenters. The van der Waals surface area contributed by atoms with Crippen LogP contribution in [-0.4, -0.2) is 16.0 Å². The first-order valence-corrected chi connectivity index (χ1v) is 8.12. The Bertz CT molecular complexity index is 656. The summed E-state index contributed by atoms with van der Waals surface area (Å²) in [6.45, 7) is 1.99. The summed E-state index contributed by atoms with van der Waals surface area (Å²) >= 11 is 0. The number of benzene rings is 1. The number of nitrogens with one attached hydrogen (secondary N) is 1. The molecular formula is C18H22ClF2N3. The zero-order valence-electron chi connectivity index (χ0n) is 13.6. The van der Waals surface area contributed by atoms with E-state index in [1.54, 1.807) is 0 Å². The van der Waals surface area contributed by atoms with Crippen molar-refractivity contribution in [2.75, 3.05) is 5.32 Å². The molecule has 1 aliphatic rings. The Labute approximate surface area is 147 Å². The molecule has 1 heterocycles. The number of halogens is 3. The molecule has 3 rings (SSSR count). The van der Waals surface area contributed by atoms with E-state index in [2.05, 4.69) is 15.3 Å². The number of aromatic nitrogens is 2. The Morgan fingerprint density at radius 3 is 2.33 bits per heavy atom. The molecule has 1 fully saturated rings. The lowest BCUT2D eigenvalue weighted by Crippen LogP contribution is -2.23. The van der Waals surface area contributed by atoms with Gasteiger partial charge in [0, 0.05) is 11.6 Å². The van der Waals surface area contributed by atoms with Crippen LogP contribution < -0.4 is 5.32 Å². The third-order valence-electron chi connectivity index (χ3n) is 4.26. The number of hydrogen-bond donors (Lipinski definition) is 1. The Balaban J connectivity index is 0.00000208. The minimum absolute atomic E-state index is 0. The van der Waals surface area contributed by atoms with Gasteiger partial charge < -0.3 is 5.32 Å². The van der Waals surface area contributed by atoms with Crippen LogP contribution in [-0.2, 0) is 0 Å². The molecule has 0 bridgehead atoms. The van der Waals surface area contributed by atoms with E-state index in [1.165, 1.54) is 12.5 Å². The SMILES string of the molecule is Cc1ccc(-c2cc(C(F)F)nc(NC3CCCCC3)n2)cc1.Cl. The van der Waals surface area contributed by atoms with Crippen molar-refractivity contribution in [1.82, 2.24) is 9.97 Å². The molecule has 0 atom stereocenters. The topological polar surface area (TPSA) is 37.8 Å². The molecule has 24 heavy (non-hydrogen) atoms. The molecule has 0 spiro atoms. The molecule has 0 amide bonds. The number of alkyl halides is 2. The van der Waals surface area contributed by atoms with E-state index >= 15 is 0 Å². The van der Waals surface area contributed by atoms with Gasteiger partial charge >= 0.3 is 0 Å². The molecule has 1 N–H and O–H groups in total. The molecular weight excluding hydrogens is 332 g/mol. The van der Waals surface area contributed by atoms with Crippen LogP contribution >= 0.6 is 12.4 Å². The number of anilines is 1. The normalized spacial score (nSPS) is 15.2. The average Bonchev–Trinajstić information content (AvgIpc) is 2.56. The molecule has 1 aromatic heterocycles. The summed E-state index contributed by atoms with van der Waals surface area (Å²) in [5.41, 5.74) is 2.26. The lowest BCUT2D eigenvalue weighted by atomic mass is 9.96. The smallest absolute Gasteiger partial charge is 0.280 e. The second kappa shape index (κ2) is 8.38. The summed E-state index contributed by atoms with van der Waals surface area (Å²) in [6.07, 6.45) is 3.05. The van der Waals surface area contributed by atoms with Gasteiger partial charge in [0.15, 0.2) is 0 Å². The van der Waals surface area contributed by atoms with Gasteiger partial charge in [0.05, 0.1) is 5.69 Å². The third kappa shape index (κ3) is 4.63. The molecule has 6 heteroatoms. The Kier molecular flexibility index (Phi) is 6.49. The van der Waals surface area contributed by atoms with E-state index in [0.29, 0.717) is 11.6 Å². The first-order valence-electron chi connectivity index (χ1n) is 8.12. The highest BCUT2D eigenvalue weighted by Gasteiger charge is 2.18. The van der Waals surface area contributed by atoms with Gasteiger partial charge in [-0.1, -0.05) is 49.1 Å². The highest BCUT2D eigenvalue weighted by molar-refractivity contribution is 5.85. The second-order valence-electron chi connectivity index (χ2n) is 6.15. The fourth-order valence-corrected chi connectivity index (χ4v) is 2.94. The van der Waals surface area contributed by atoms with Crippen molar-refractivity contribution in [3.05, 3.63) is 41.6 Å². The van der Waals surface area contributed by atoms with Crippen LogP contribution in [0.15, 0.2) is 30.3 Å². The predicted octanol–water partition coefficient (Wildman–Crippen LogP) is 5.56. The molecule has 3 nitrogen and oxygen atoms in total. The van der Waals surface area contributed by atoms with Gasteiger partial charge in [-0.2, -0.15) is 0 Å². The molecule has 1 aliphatic carbocycles. The van der Waals surface area contributed by atoms with Crippen LogP contribution in [0.25, 0.3) is 11.3 Å². The predicted molar refractivity (Wildman–Crippen MR) is 94.9 cm³/mol. The van der Waals surface area contributed by atoms with Gasteiger partial charge in [-0.05, 0) is 25.8 Å². The van der Waals surface area contributed by atoms with E-state index in [0.717, 1.165) is 36.8 Å². The van der Waals surface area contributed by atoms with Crippen LogP contribution in [0, 0.1) is 6.92 Å². The van der Waals surface area contributed by atoms with Crippen LogP contribution in [0.2, 0.25) is 0 Å². The average molecular weight is 354 g/mol. The fourth-order valence-electron chi connectivity index (χ4n) is 2.94. The van der Waals surface area contributed by atoms with Crippen molar-refractivity contribution in [2.24, 2.45) is 0 Å². The monoisotopic (exact) mass is 353 g/mol. The summed E-state index contributed by atoms with van der Waals surface area (Å²) < 4.78 is 26.3. The summed E-state index contributed by atoms with van der Waals surface area (Å²) in [5, 5.41) is 3.24. The maximum Gasteiger partial charge on any atom is 0.280 e. The Morgan fingerprint density at radius 2 is 1.71 bits per heavy atom. The lowest BCUT2D eigenvalue weighted by Gasteiger charge is -2.23. The molecule has 1 aromatic carbocycles. The van der Waals surface area contributed by atoms with E-state index in [-0.39, 0.29) is 24.1 Å². The zero-order valence-corrected chi connectivity index (χ0v) is 14.5. The van der Waals surface area contributed by atoms with E-state index in [9.17, 15) is 8.78 Å². The first-order chi connectivity index (χ1) is 11.1. The van der Waals surface area contributed by atoms with Crippen LogP contribution in [0.1, 0.15) is 49.8 Å². The molecule has 2 aromatic rings. The van der Waals surface area contributed by atoms with Crippen molar-refractivity contribution in [2.45, 2.75) is 51.5 Å². The van der Waals surface area contributed by atoms with Gasteiger partial charge in [-0.25, -0.2) is 18.7 Å². The standard InChI is InChI=1S/C18H21F2N3.ClH/c1-12-7-9-13(10-8-12)15-11-16(17(19)20)23-18(22-15)21-14-5-3-2-4-6-14;/h7-11,14,17H,2-6H2,1H3,(H,21,22,23);1H. The Morgan fingerprint density at radius 1 is 1.04 bits per heavy atom. The minimum Gasteiger partial charge on any atom is -0.351 e.